The summed E-state index contributed by atoms with van der Waals surface area (Å²) in [6.45, 7) is 3.87. The quantitative estimate of drug-likeness (QED) is 0.636. The summed E-state index contributed by atoms with van der Waals surface area (Å²) in [4.78, 5) is 41.6. The summed E-state index contributed by atoms with van der Waals surface area (Å²) >= 11 is 0. The third kappa shape index (κ3) is 3.45. The summed E-state index contributed by atoms with van der Waals surface area (Å²) in [5, 5.41) is 0. The molecule has 1 aromatic heterocycles. The highest BCUT2D eigenvalue weighted by Gasteiger charge is 2.45. The summed E-state index contributed by atoms with van der Waals surface area (Å²) in [6, 6.07) is 16.6. The van der Waals surface area contributed by atoms with Crippen LogP contribution in [0.4, 0.5) is 11.4 Å². The molecule has 1 atom stereocenters. The minimum absolute atomic E-state index is 0.0902. The Kier molecular flexibility index (Phi) is 4.76. The first-order valence-corrected chi connectivity index (χ1v) is 9.33. The molecule has 0 aliphatic carbocycles. The predicted molar refractivity (Wildman–Crippen MR) is 109 cm³/mol. The van der Waals surface area contributed by atoms with Crippen molar-refractivity contribution in [3.8, 4) is 0 Å². The van der Waals surface area contributed by atoms with Gasteiger partial charge in [0, 0.05) is 5.69 Å². The highest BCUT2D eigenvalue weighted by atomic mass is 16.3. The van der Waals surface area contributed by atoms with Gasteiger partial charge in [0.25, 0.3) is 11.8 Å². The van der Waals surface area contributed by atoms with Crippen molar-refractivity contribution >= 4 is 29.1 Å². The molecule has 3 amide bonds. The Labute approximate surface area is 168 Å². The first kappa shape index (κ1) is 18.7. The number of anilines is 2. The van der Waals surface area contributed by atoms with Crippen molar-refractivity contribution < 1.29 is 18.8 Å². The zero-order valence-electron chi connectivity index (χ0n) is 16.2. The molecule has 6 nitrogen and oxygen atoms in total. The lowest BCUT2D eigenvalue weighted by atomic mass is 10.1. The van der Waals surface area contributed by atoms with Gasteiger partial charge in [-0.2, -0.15) is 0 Å². The second-order valence-electron chi connectivity index (χ2n) is 7.11. The fourth-order valence-corrected chi connectivity index (χ4v) is 3.45. The van der Waals surface area contributed by atoms with Crippen molar-refractivity contribution in [2.24, 2.45) is 0 Å². The summed E-state index contributed by atoms with van der Waals surface area (Å²) in [7, 11) is 0. The number of hydrogen-bond acceptors (Lipinski definition) is 4. The number of aryl methyl sites for hydroxylation is 2. The van der Waals surface area contributed by atoms with E-state index in [-0.39, 0.29) is 18.1 Å². The van der Waals surface area contributed by atoms with Gasteiger partial charge in [-0.1, -0.05) is 35.4 Å². The van der Waals surface area contributed by atoms with Gasteiger partial charge < -0.3 is 4.42 Å². The van der Waals surface area contributed by atoms with Crippen molar-refractivity contribution in [3.63, 3.8) is 0 Å². The largest absolute Gasteiger partial charge is 0.459 e. The van der Waals surface area contributed by atoms with E-state index in [2.05, 4.69) is 0 Å². The van der Waals surface area contributed by atoms with E-state index < -0.39 is 17.9 Å². The van der Waals surface area contributed by atoms with Gasteiger partial charge >= 0.3 is 0 Å². The maximum absolute atomic E-state index is 13.2. The lowest BCUT2D eigenvalue weighted by Gasteiger charge is -2.27. The minimum atomic E-state index is -0.941. The van der Waals surface area contributed by atoms with Gasteiger partial charge in [0.05, 0.1) is 18.4 Å². The number of carbonyl (C=O) groups is 3. The van der Waals surface area contributed by atoms with E-state index in [0.717, 1.165) is 16.0 Å². The molecule has 0 spiro atoms. The van der Waals surface area contributed by atoms with Gasteiger partial charge in [0.2, 0.25) is 5.91 Å². The first-order valence-electron chi connectivity index (χ1n) is 9.33. The molecule has 1 saturated heterocycles. The fourth-order valence-electron chi connectivity index (χ4n) is 3.45. The molecule has 1 aliphatic heterocycles. The number of carbonyl (C=O) groups excluding carboxylic acids is 3. The van der Waals surface area contributed by atoms with Crippen LogP contribution in [0.5, 0.6) is 0 Å². The van der Waals surface area contributed by atoms with E-state index in [9.17, 15) is 14.4 Å². The smallest absolute Gasteiger partial charge is 0.294 e. The molecule has 1 aliphatic rings. The Hall–Kier alpha value is -3.67. The highest BCUT2D eigenvalue weighted by Crippen LogP contribution is 2.30. The number of imide groups is 1. The predicted octanol–water partition coefficient (Wildman–Crippen LogP) is 3.88. The standard InChI is InChI=1S/C23H20N2O4/c1-15-5-9-17(10-6-15)24(23(28)20-4-3-13-29-20)19-14-21(26)25(22(19)27)18-11-7-16(2)8-12-18/h3-13,19H,14H2,1-2H3. The van der Waals surface area contributed by atoms with Gasteiger partial charge in [-0.25, -0.2) is 4.90 Å². The van der Waals surface area contributed by atoms with Gasteiger partial charge in [-0.3, -0.25) is 19.3 Å². The van der Waals surface area contributed by atoms with E-state index in [1.54, 1.807) is 36.4 Å². The Balaban J connectivity index is 1.73. The number of rotatable bonds is 4. The maximum Gasteiger partial charge on any atom is 0.294 e. The van der Waals surface area contributed by atoms with Crippen LogP contribution in [0.3, 0.4) is 0 Å². The highest BCUT2D eigenvalue weighted by molar-refractivity contribution is 6.25. The average molecular weight is 388 g/mol. The Morgan fingerprint density at radius 3 is 2.17 bits per heavy atom. The van der Waals surface area contributed by atoms with Gasteiger partial charge in [-0.05, 0) is 50.2 Å². The lowest BCUT2D eigenvalue weighted by molar-refractivity contribution is -0.121. The first-order chi connectivity index (χ1) is 14.0. The van der Waals surface area contributed by atoms with Crippen molar-refractivity contribution in [1.82, 2.24) is 0 Å². The zero-order chi connectivity index (χ0) is 20.5. The molecular formula is C23H20N2O4. The van der Waals surface area contributed by atoms with Crippen molar-refractivity contribution in [2.75, 3.05) is 9.80 Å². The molecule has 4 rings (SSSR count). The average Bonchev–Trinajstić information content (AvgIpc) is 3.34. The zero-order valence-corrected chi connectivity index (χ0v) is 16.2. The van der Waals surface area contributed by atoms with Crippen LogP contribution >= 0.6 is 0 Å². The van der Waals surface area contributed by atoms with Crippen LogP contribution < -0.4 is 9.80 Å². The van der Waals surface area contributed by atoms with Crippen LogP contribution in [0.25, 0.3) is 0 Å². The molecule has 29 heavy (non-hydrogen) atoms. The normalized spacial score (nSPS) is 16.3. The Morgan fingerprint density at radius 2 is 1.59 bits per heavy atom. The number of nitrogens with zero attached hydrogens (tertiary/aromatic N) is 2. The van der Waals surface area contributed by atoms with Crippen molar-refractivity contribution in [3.05, 3.63) is 83.8 Å². The fraction of sp³-hybridized carbons (Fsp3) is 0.174. The summed E-state index contributed by atoms with van der Waals surface area (Å²) in [5.74, 6) is -1.12. The van der Waals surface area contributed by atoms with E-state index in [1.807, 2.05) is 38.1 Å². The van der Waals surface area contributed by atoms with Crippen LogP contribution in [0.15, 0.2) is 71.3 Å². The third-order valence-corrected chi connectivity index (χ3v) is 4.99. The molecule has 1 unspecified atom stereocenters. The van der Waals surface area contributed by atoms with Crippen LogP contribution in [0.1, 0.15) is 28.1 Å². The van der Waals surface area contributed by atoms with Crippen molar-refractivity contribution in [1.29, 1.82) is 0 Å². The molecule has 0 saturated carbocycles. The topological polar surface area (TPSA) is 70.8 Å². The summed E-state index contributed by atoms with van der Waals surface area (Å²) < 4.78 is 5.27. The Morgan fingerprint density at radius 1 is 0.966 bits per heavy atom. The van der Waals surface area contributed by atoms with Crippen molar-refractivity contribution in [2.45, 2.75) is 26.3 Å². The van der Waals surface area contributed by atoms with E-state index >= 15 is 0 Å². The number of benzene rings is 2. The minimum Gasteiger partial charge on any atom is -0.459 e. The second kappa shape index (κ2) is 7.39. The molecular weight excluding hydrogens is 368 g/mol. The molecule has 6 heteroatoms. The van der Waals surface area contributed by atoms with Crippen LogP contribution in [0.2, 0.25) is 0 Å². The van der Waals surface area contributed by atoms with Crippen LogP contribution in [-0.2, 0) is 9.59 Å². The van der Waals surface area contributed by atoms with Gasteiger partial charge in [0.1, 0.15) is 6.04 Å². The van der Waals surface area contributed by atoms with Gasteiger partial charge in [-0.15, -0.1) is 0 Å². The monoisotopic (exact) mass is 388 g/mol. The number of amides is 3. The number of hydrogen-bond donors (Lipinski definition) is 0. The molecule has 0 N–H and O–H groups in total. The van der Waals surface area contributed by atoms with Crippen LogP contribution in [0, 0.1) is 13.8 Å². The van der Waals surface area contributed by atoms with E-state index in [0.29, 0.717) is 11.4 Å². The van der Waals surface area contributed by atoms with E-state index in [1.165, 1.54) is 11.2 Å². The SMILES string of the molecule is Cc1ccc(N2C(=O)CC(N(C(=O)c3ccco3)c3ccc(C)cc3)C2=O)cc1. The molecule has 0 bridgehead atoms. The molecule has 2 aromatic carbocycles. The maximum atomic E-state index is 13.2. The van der Waals surface area contributed by atoms with E-state index in [4.69, 9.17) is 4.42 Å². The molecule has 3 aromatic rings. The van der Waals surface area contributed by atoms with Gasteiger partial charge in [0.15, 0.2) is 5.76 Å². The Bertz CT molecular complexity index is 1050. The summed E-state index contributed by atoms with van der Waals surface area (Å²) in [6.07, 6.45) is 1.31. The second-order valence-corrected chi connectivity index (χ2v) is 7.11. The molecule has 146 valence electrons. The lowest BCUT2D eigenvalue weighted by Crippen LogP contribution is -2.45. The molecule has 0 radical (unpaired) electrons. The third-order valence-electron chi connectivity index (χ3n) is 4.99. The summed E-state index contributed by atoms with van der Waals surface area (Å²) in [5.41, 5.74) is 3.09. The van der Waals surface area contributed by atoms with Crippen LogP contribution in [-0.4, -0.2) is 23.8 Å². The number of furan rings is 1. The molecule has 2 heterocycles. The molecule has 1 fully saturated rings.